The molecule has 0 heteroatoms. The van der Waals surface area contributed by atoms with Crippen LogP contribution < -0.4 is 0 Å². The highest BCUT2D eigenvalue weighted by molar-refractivity contribution is 4.86. The van der Waals surface area contributed by atoms with E-state index in [-0.39, 0.29) is 0 Å². The van der Waals surface area contributed by atoms with E-state index >= 15 is 0 Å². The molecular formula is C14H24. The van der Waals surface area contributed by atoms with Crippen molar-refractivity contribution in [1.82, 2.24) is 0 Å². The summed E-state index contributed by atoms with van der Waals surface area (Å²) in [4.78, 5) is 0. The lowest BCUT2D eigenvalue weighted by Crippen LogP contribution is -2.31. The molecule has 0 saturated heterocycles. The molecule has 0 amide bonds. The molecule has 4 rings (SSSR count). The summed E-state index contributed by atoms with van der Waals surface area (Å²) < 4.78 is 0. The Morgan fingerprint density at radius 3 is 1.00 bits per heavy atom. The molecular weight excluding hydrogens is 168 g/mol. The zero-order valence-electron chi connectivity index (χ0n) is 9.38. The van der Waals surface area contributed by atoms with Crippen molar-refractivity contribution < 1.29 is 0 Å². The lowest BCUT2D eigenvalue weighted by atomic mass is 9.63. The summed E-state index contributed by atoms with van der Waals surface area (Å²) >= 11 is 0. The summed E-state index contributed by atoms with van der Waals surface area (Å²) in [6.45, 7) is 0. The molecule has 14 heavy (non-hydrogen) atoms. The molecule has 0 N–H and O–H groups in total. The summed E-state index contributed by atoms with van der Waals surface area (Å²) in [5, 5.41) is 0. The van der Waals surface area contributed by atoms with Crippen molar-refractivity contribution in [3.8, 4) is 0 Å². The molecule has 0 nitrogen and oxygen atoms in total. The molecule has 0 aromatic heterocycles. The Kier molecular flexibility index (Phi) is 2.55. The normalized spacial score (nSPS) is 48.0. The van der Waals surface area contributed by atoms with Gasteiger partial charge in [-0.05, 0) is 62.2 Å². The monoisotopic (exact) mass is 192 g/mol. The number of hydrogen-bond acceptors (Lipinski definition) is 0. The highest BCUT2D eigenvalue weighted by atomic mass is 14.4. The van der Waals surface area contributed by atoms with Gasteiger partial charge in [0, 0.05) is 0 Å². The second-order valence-electron chi connectivity index (χ2n) is 6.06. The Labute approximate surface area is 88.5 Å². The van der Waals surface area contributed by atoms with Crippen molar-refractivity contribution in [2.75, 3.05) is 0 Å². The first-order valence-electron chi connectivity index (χ1n) is 6.93. The zero-order chi connectivity index (χ0) is 9.38. The van der Waals surface area contributed by atoms with Gasteiger partial charge in [0.1, 0.15) is 0 Å². The van der Waals surface area contributed by atoms with Gasteiger partial charge in [-0.15, -0.1) is 0 Å². The van der Waals surface area contributed by atoms with Crippen molar-refractivity contribution in [3.05, 3.63) is 0 Å². The van der Waals surface area contributed by atoms with Crippen LogP contribution in [-0.2, 0) is 0 Å². The fourth-order valence-electron chi connectivity index (χ4n) is 4.56. The van der Waals surface area contributed by atoms with E-state index in [1.807, 2.05) is 0 Å². The van der Waals surface area contributed by atoms with Crippen LogP contribution in [0.4, 0.5) is 0 Å². The van der Waals surface area contributed by atoms with Crippen molar-refractivity contribution in [2.24, 2.45) is 23.7 Å². The Hall–Kier alpha value is 0. The molecule has 0 aliphatic heterocycles. The fraction of sp³-hybridized carbons (Fsp3) is 1.00. The molecule has 0 radical (unpaired) electrons. The maximum absolute atomic E-state index is 1.59. The average Bonchev–Trinajstić information content (AvgIpc) is 2.17. The predicted molar refractivity (Wildman–Crippen MR) is 60.1 cm³/mol. The molecule has 0 aromatic rings. The van der Waals surface area contributed by atoms with E-state index in [2.05, 4.69) is 0 Å². The van der Waals surface area contributed by atoms with E-state index in [0.717, 1.165) is 23.7 Å². The van der Waals surface area contributed by atoms with Gasteiger partial charge in [-0.2, -0.15) is 0 Å². The summed E-state index contributed by atoms with van der Waals surface area (Å²) in [7, 11) is 0. The minimum Gasteiger partial charge on any atom is -0.0530 e. The summed E-state index contributed by atoms with van der Waals surface area (Å²) in [5.41, 5.74) is 0. The van der Waals surface area contributed by atoms with Gasteiger partial charge in [0.15, 0.2) is 0 Å². The van der Waals surface area contributed by atoms with Crippen LogP contribution in [0.3, 0.4) is 0 Å². The van der Waals surface area contributed by atoms with Crippen LogP contribution in [0, 0.1) is 23.7 Å². The van der Waals surface area contributed by atoms with Gasteiger partial charge < -0.3 is 0 Å². The molecule has 4 fully saturated rings. The van der Waals surface area contributed by atoms with Crippen LogP contribution in [-0.4, -0.2) is 0 Å². The highest BCUT2D eigenvalue weighted by Gasteiger charge is 2.35. The molecule has 0 spiro atoms. The maximum Gasteiger partial charge on any atom is -0.0386 e. The van der Waals surface area contributed by atoms with Crippen LogP contribution in [0.25, 0.3) is 0 Å². The lowest BCUT2D eigenvalue weighted by molar-refractivity contribution is 0.0846. The largest absolute Gasteiger partial charge is 0.0530 e. The molecule has 4 aliphatic rings. The van der Waals surface area contributed by atoms with Gasteiger partial charge in [-0.25, -0.2) is 0 Å². The highest BCUT2D eigenvalue weighted by Crippen LogP contribution is 2.47. The van der Waals surface area contributed by atoms with E-state index in [0.29, 0.717) is 0 Å². The SMILES string of the molecule is C1CCC2CCC(C1)C1CCC2CC1. The number of rotatable bonds is 0. The third-order valence-electron chi connectivity index (χ3n) is 5.46. The van der Waals surface area contributed by atoms with Gasteiger partial charge in [0.25, 0.3) is 0 Å². The second kappa shape index (κ2) is 3.87. The summed E-state index contributed by atoms with van der Waals surface area (Å²) in [6.07, 6.45) is 15.8. The van der Waals surface area contributed by atoms with Crippen LogP contribution in [0.5, 0.6) is 0 Å². The molecule has 2 unspecified atom stereocenters. The van der Waals surface area contributed by atoms with E-state index in [9.17, 15) is 0 Å². The summed E-state index contributed by atoms with van der Waals surface area (Å²) in [5.74, 6) is 4.56. The van der Waals surface area contributed by atoms with Gasteiger partial charge in [-0.1, -0.05) is 25.7 Å². The van der Waals surface area contributed by atoms with Crippen LogP contribution in [0.1, 0.15) is 64.2 Å². The van der Waals surface area contributed by atoms with Crippen molar-refractivity contribution in [1.29, 1.82) is 0 Å². The Morgan fingerprint density at radius 2 is 0.643 bits per heavy atom. The van der Waals surface area contributed by atoms with E-state index in [1.165, 1.54) is 0 Å². The molecule has 4 aliphatic carbocycles. The van der Waals surface area contributed by atoms with Gasteiger partial charge in [-0.3, -0.25) is 0 Å². The molecule has 4 saturated carbocycles. The first-order valence-corrected chi connectivity index (χ1v) is 6.93. The Bertz CT molecular complexity index is 166. The van der Waals surface area contributed by atoms with Crippen molar-refractivity contribution in [3.63, 3.8) is 0 Å². The molecule has 80 valence electrons. The average molecular weight is 192 g/mol. The van der Waals surface area contributed by atoms with E-state index < -0.39 is 0 Å². The van der Waals surface area contributed by atoms with Crippen molar-refractivity contribution in [2.45, 2.75) is 64.2 Å². The van der Waals surface area contributed by atoms with Gasteiger partial charge in [0.2, 0.25) is 0 Å². The zero-order valence-corrected chi connectivity index (χ0v) is 9.38. The predicted octanol–water partition coefficient (Wildman–Crippen LogP) is 4.39. The first-order chi connectivity index (χ1) is 6.93. The van der Waals surface area contributed by atoms with Crippen LogP contribution >= 0.6 is 0 Å². The quantitative estimate of drug-likeness (QED) is 0.534. The maximum atomic E-state index is 1.59. The first kappa shape index (κ1) is 9.24. The molecule has 0 heterocycles. The Balaban J connectivity index is 1.82. The smallest absolute Gasteiger partial charge is 0.0386 e. The van der Waals surface area contributed by atoms with E-state index in [1.54, 1.807) is 64.2 Å². The third kappa shape index (κ3) is 1.61. The number of hydrogen-bond donors (Lipinski definition) is 0. The van der Waals surface area contributed by atoms with Crippen molar-refractivity contribution >= 4 is 0 Å². The fourth-order valence-corrected chi connectivity index (χ4v) is 4.56. The molecule has 2 atom stereocenters. The van der Waals surface area contributed by atoms with E-state index in [4.69, 9.17) is 0 Å². The Morgan fingerprint density at radius 1 is 0.357 bits per heavy atom. The minimum absolute atomic E-state index is 1.14. The van der Waals surface area contributed by atoms with Crippen LogP contribution in [0.15, 0.2) is 0 Å². The van der Waals surface area contributed by atoms with Gasteiger partial charge in [0.05, 0.1) is 0 Å². The lowest BCUT2D eigenvalue weighted by Gasteiger charge is -2.43. The summed E-state index contributed by atoms with van der Waals surface area (Å²) in [6, 6.07) is 0. The standard InChI is InChI=1S/C14H24/c1-2-4-12-6-5-11(3-1)13-7-9-14(12)10-8-13/h11-14H,1-10H2. The van der Waals surface area contributed by atoms with Crippen LogP contribution in [0.2, 0.25) is 0 Å². The van der Waals surface area contributed by atoms with Gasteiger partial charge >= 0.3 is 0 Å². The second-order valence-corrected chi connectivity index (χ2v) is 6.06. The third-order valence-corrected chi connectivity index (χ3v) is 5.46. The number of fused-ring (bicyclic) bond motifs is 2. The minimum atomic E-state index is 1.14. The molecule has 0 aromatic carbocycles. The molecule has 4 bridgehead atoms. The topological polar surface area (TPSA) is 0 Å².